The summed E-state index contributed by atoms with van der Waals surface area (Å²) in [4.78, 5) is 4.00. The number of benzene rings is 1. The van der Waals surface area contributed by atoms with Gasteiger partial charge in [-0.25, -0.2) is 0 Å². The Morgan fingerprint density at radius 3 is 2.53 bits per heavy atom. The van der Waals surface area contributed by atoms with Crippen molar-refractivity contribution in [1.29, 1.82) is 0 Å². The van der Waals surface area contributed by atoms with E-state index in [4.69, 9.17) is 17.4 Å². The fraction of sp³-hybridized carbons (Fsp3) is 0.267. The first-order chi connectivity index (χ1) is 9.10. The lowest BCUT2D eigenvalue weighted by Crippen LogP contribution is -2.29. The number of nitrogens with two attached hydrogens (primary N) is 1. The van der Waals surface area contributed by atoms with E-state index in [1.165, 1.54) is 16.7 Å². The third kappa shape index (κ3) is 3.53. The van der Waals surface area contributed by atoms with Crippen LogP contribution in [0.3, 0.4) is 0 Å². The first-order valence-corrected chi connectivity index (χ1v) is 6.60. The molecule has 0 spiro atoms. The van der Waals surface area contributed by atoms with Gasteiger partial charge in [0.2, 0.25) is 0 Å². The molecule has 0 radical (unpaired) electrons. The highest BCUT2D eigenvalue weighted by atomic mass is 35.5. The quantitative estimate of drug-likeness (QED) is 0.666. The van der Waals surface area contributed by atoms with E-state index in [1.807, 2.05) is 6.07 Å². The second-order valence-corrected chi connectivity index (χ2v) is 5.22. The zero-order valence-corrected chi connectivity index (χ0v) is 11.9. The zero-order valence-electron chi connectivity index (χ0n) is 11.2. The highest BCUT2D eigenvalue weighted by Gasteiger charge is 2.14. The smallest absolute Gasteiger partial charge is 0.0637 e. The third-order valence-corrected chi connectivity index (χ3v) is 3.42. The summed E-state index contributed by atoms with van der Waals surface area (Å²) in [7, 11) is 0. The van der Waals surface area contributed by atoms with Gasteiger partial charge in [-0.15, -0.1) is 0 Å². The first kappa shape index (κ1) is 14.0. The molecule has 0 fully saturated rings. The molecule has 1 heterocycles. The molecule has 0 aliphatic heterocycles. The van der Waals surface area contributed by atoms with Gasteiger partial charge in [-0.1, -0.05) is 40.9 Å². The predicted molar refractivity (Wildman–Crippen MR) is 78.9 cm³/mol. The van der Waals surface area contributed by atoms with Crippen molar-refractivity contribution in [2.45, 2.75) is 26.3 Å². The molecule has 0 bridgehead atoms. The molecular weight excluding hydrogens is 258 g/mol. The highest BCUT2D eigenvalue weighted by Crippen LogP contribution is 2.25. The Labute approximate surface area is 118 Å². The Hall–Kier alpha value is -1.42. The minimum absolute atomic E-state index is 0.0169. The molecule has 0 saturated carbocycles. The average molecular weight is 276 g/mol. The van der Waals surface area contributed by atoms with Crippen molar-refractivity contribution in [3.05, 3.63) is 63.9 Å². The van der Waals surface area contributed by atoms with Gasteiger partial charge in [0.05, 0.1) is 11.1 Å². The first-order valence-electron chi connectivity index (χ1n) is 6.23. The zero-order chi connectivity index (χ0) is 13.8. The summed E-state index contributed by atoms with van der Waals surface area (Å²) in [5, 5.41) is 0.634. The topological polar surface area (TPSA) is 50.9 Å². The molecule has 1 unspecified atom stereocenters. The summed E-state index contributed by atoms with van der Waals surface area (Å²) in [6.45, 7) is 4.20. The van der Waals surface area contributed by atoms with Crippen LogP contribution in [0.5, 0.6) is 0 Å². The average Bonchev–Trinajstić information content (AvgIpc) is 2.36. The second-order valence-electron chi connectivity index (χ2n) is 4.82. The molecule has 0 aliphatic carbocycles. The number of halogens is 1. The van der Waals surface area contributed by atoms with Crippen molar-refractivity contribution in [2.24, 2.45) is 5.84 Å². The van der Waals surface area contributed by atoms with Crippen LogP contribution in [-0.2, 0) is 6.42 Å². The van der Waals surface area contributed by atoms with Gasteiger partial charge in [0.25, 0.3) is 0 Å². The number of hydrazine groups is 1. The third-order valence-electron chi connectivity index (χ3n) is 3.10. The predicted octanol–water partition coefficient (Wildman–Crippen LogP) is 3.10. The van der Waals surface area contributed by atoms with E-state index in [9.17, 15) is 0 Å². The Morgan fingerprint density at radius 2 is 1.95 bits per heavy atom. The van der Waals surface area contributed by atoms with E-state index in [2.05, 4.69) is 42.5 Å². The van der Waals surface area contributed by atoms with Gasteiger partial charge in [-0.05, 0) is 37.5 Å². The van der Waals surface area contributed by atoms with Gasteiger partial charge in [-0.3, -0.25) is 16.3 Å². The minimum atomic E-state index is -0.0169. The number of hydrogen-bond donors (Lipinski definition) is 2. The molecule has 2 rings (SSSR count). The van der Waals surface area contributed by atoms with Crippen molar-refractivity contribution >= 4 is 11.6 Å². The minimum Gasteiger partial charge on any atom is -0.271 e. The van der Waals surface area contributed by atoms with Crippen molar-refractivity contribution in [2.75, 3.05) is 0 Å². The van der Waals surface area contributed by atoms with Gasteiger partial charge in [0.1, 0.15) is 0 Å². The normalized spacial score (nSPS) is 12.4. The Balaban J connectivity index is 2.26. The van der Waals surface area contributed by atoms with E-state index in [0.717, 1.165) is 12.0 Å². The molecule has 2 aromatic rings. The van der Waals surface area contributed by atoms with Gasteiger partial charge in [0.15, 0.2) is 0 Å². The number of rotatable bonds is 4. The molecule has 1 atom stereocenters. The molecule has 1 aromatic heterocycles. The summed E-state index contributed by atoms with van der Waals surface area (Å²) in [6.07, 6.45) is 4.17. The molecule has 3 N–H and O–H groups in total. The summed E-state index contributed by atoms with van der Waals surface area (Å²) in [5.41, 5.74) is 7.56. The number of nitrogens with zero attached hydrogens (tertiary/aromatic N) is 1. The second kappa shape index (κ2) is 6.15. The van der Waals surface area contributed by atoms with Crippen LogP contribution in [-0.4, -0.2) is 4.98 Å². The number of pyridine rings is 1. The van der Waals surface area contributed by atoms with Crippen LogP contribution in [0.2, 0.25) is 5.02 Å². The maximum Gasteiger partial charge on any atom is 0.0637 e. The van der Waals surface area contributed by atoms with E-state index in [-0.39, 0.29) is 6.04 Å². The largest absolute Gasteiger partial charge is 0.271 e. The fourth-order valence-corrected chi connectivity index (χ4v) is 2.60. The summed E-state index contributed by atoms with van der Waals surface area (Å²) in [6, 6.07) is 8.39. The Morgan fingerprint density at radius 1 is 1.26 bits per heavy atom. The Bertz CT molecular complexity index is 549. The molecule has 1 aromatic carbocycles. The summed E-state index contributed by atoms with van der Waals surface area (Å²) >= 11 is 6.17. The SMILES string of the molecule is Cc1cc(C)cc(CC(NN)c2ccncc2Cl)c1. The van der Waals surface area contributed by atoms with Crippen LogP contribution in [0.1, 0.15) is 28.3 Å². The molecule has 0 saturated heterocycles. The number of aromatic nitrogens is 1. The lowest BCUT2D eigenvalue weighted by Gasteiger charge is -2.18. The fourth-order valence-electron chi connectivity index (χ4n) is 2.35. The monoisotopic (exact) mass is 275 g/mol. The van der Waals surface area contributed by atoms with Crippen molar-refractivity contribution in [1.82, 2.24) is 10.4 Å². The highest BCUT2D eigenvalue weighted by molar-refractivity contribution is 6.31. The van der Waals surface area contributed by atoms with Gasteiger partial charge >= 0.3 is 0 Å². The van der Waals surface area contributed by atoms with Crippen LogP contribution in [0.25, 0.3) is 0 Å². The van der Waals surface area contributed by atoms with Crippen LogP contribution in [0.4, 0.5) is 0 Å². The molecule has 0 amide bonds. The van der Waals surface area contributed by atoms with E-state index >= 15 is 0 Å². The van der Waals surface area contributed by atoms with Crippen LogP contribution >= 0.6 is 11.6 Å². The summed E-state index contributed by atoms with van der Waals surface area (Å²) in [5.74, 6) is 5.67. The lowest BCUT2D eigenvalue weighted by atomic mass is 9.97. The number of aryl methyl sites for hydroxylation is 2. The van der Waals surface area contributed by atoms with Gasteiger partial charge in [-0.2, -0.15) is 0 Å². The molecule has 0 aliphatic rings. The van der Waals surface area contributed by atoms with E-state index in [1.54, 1.807) is 12.4 Å². The molecular formula is C15H18ClN3. The van der Waals surface area contributed by atoms with Gasteiger partial charge < -0.3 is 0 Å². The summed E-state index contributed by atoms with van der Waals surface area (Å²) < 4.78 is 0. The van der Waals surface area contributed by atoms with Crippen LogP contribution in [0.15, 0.2) is 36.7 Å². The van der Waals surface area contributed by atoms with Crippen molar-refractivity contribution in [3.63, 3.8) is 0 Å². The van der Waals surface area contributed by atoms with Crippen LogP contribution in [0, 0.1) is 13.8 Å². The molecule has 4 heteroatoms. The Kier molecular flexibility index (Phi) is 4.53. The maximum atomic E-state index is 6.17. The molecule has 100 valence electrons. The van der Waals surface area contributed by atoms with E-state index < -0.39 is 0 Å². The maximum absolute atomic E-state index is 6.17. The van der Waals surface area contributed by atoms with Gasteiger partial charge in [0, 0.05) is 12.4 Å². The molecule has 19 heavy (non-hydrogen) atoms. The number of hydrogen-bond acceptors (Lipinski definition) is 3. The molecule has 3 nitrogen and oxygen atoms in total. The number of nitrogens with one attached hydrogen (secondary N) is 1. The van der Waals surface area contributed by atoms with Crippen molar-refractivity contribution in [3.8, 4) is 0 Å². The standard InChI is InChI=1S/C15H18ClN3/c1-10-5-11(2)7-12(6-10)8-15(19-17)13-3-4-18-9-14(13)16/h3-7,9,15,19H,8,17H2,1-2H3. The van der Waals surface area contributed by atoms with Crippen molar-refractivity contribution < 1.29 is 0 Å². The van der Waals surface area contributed by atoms with Crippen LogP contribution < -0.4 is 11.3 Å². The van der Waals surface area contributed by atoms with E-state index in [0.29, 0.717) is 5.02 Å². The lowest BCUT2D eigenvalue weighted by molar-refractivity contribution is 0.551.